The lowest BCUT2D eigenvalue weighted by Crippen LogP contribution is -2.12. The average molecular weight is 408 g/mol. The molecule has 1 fully saturated rings. The van der Waals surface area contributed by atoms with Gasteiger partial charge in [0.25, 0.3) is 0 Å². The van der Waals surface area contributed by atoms with Crippen LogP contribution in [0.3, 0.4) is 0 Å². The molecule has 27 heavy (non-hydrogen) atoms. The standard InChI is InChI=1S/C20H29N3O2S2/c1-13-9-16(20(3,4)5)10-14(2)17(13)11-26-19-22-21-18(23(19)6)15-7-8-27(24,25)12-15/h9-10,15H,7-8,11-12H2,1-6H3. The first-order valence-corrected chi connectivity index (χ1v) is 12.1. The van der Waals surface area contributed by atoms with Gasteiger partial charge in [-0.2, -0.15) is 0 Å². The quantitative estimate of drug-likeness (QED) is 0.719. The third kappa shape index (κ3) is 4.40. The van der Waals surface area contributed by atoms with Crippen LogP contribution >= 0.6 is 11.8 Å². The van der Waals surface area contributed by atoms with E-state index in [2.05, 4.69) is 56.9 Å². The second-order valence-electron chi connectivity index (χ2n) is 8.63. The average Bonchev–Trinajstić information content (AvgIpc) is 3.08. The van der Waals surface area contributed by atoms with Crippen LogP contribution in [0.4, 0.5) is 0 Å². The molecule has 148 valence electrons. The van der Waals surface area contributed by atoms with Crippen LogP contribution in [0, 0.1) is 13.8 Å². The lowest BCUT2D eigenvalue weighted by atomic mass is 9.84. The van der Waals surface area contributed by atoms with Crippen LogP contribution < -0.4 is 0 Å². The molecule has 0 N–H and O–H groups in total. The minimum atomic E-state index is -2.92. The van der Waals surface area contributed by atoms with Crippen molar-refractivity contribution in [2.45, 2.75) is 63.3 Å². The molecule has 2 heterocycles. The van der Waals surface area contributed by atoms with Gasteiger partial charge in [0.15, 0.2) is 15.0 Å². The maximum absolute atomic E-state index is 11.8. The molecule has 0 spiro atoms. The van der Waals surface area contributed by atoms with Crippen molar-refractivity contribution in [1.82, 2.24) is 14.8 Å². The summed E-state index contributed by atoms with van der Waals surface area (Å²) >= 11 is 1.66. The SMILES string of the molecule is Cc1cc(C(C)(C)C)cc(C)c1CSc1nnc(C2CCS(=O)(=O)C2)n1C. The highest BCUT2D eigenvalue weighted by atomic mass is 32.2. The van der Waals surface area contributed by atoms with Gasteiger partial charge in [0, 0.05) is 18.7 Å². The number of benzene rings is 1. The van der Waals surface area contributed by atoms with Crippen molar-refractivity contribution in [3.63, 3.8) is 0 Å². The Labute approximate surface area is 166 Å². The minimum absolute atomic E-state index is 0.0311. The fourth-order valence-corrected chi connectivity index (χ4v) is 6.45. The minimum Gasteiger partial charge on any atom is -0.309 e. The van der Waals surface area contributed by atoms with Crippen molar-refractivity contribution in [1.29, 1.82) is 0 Å². The number of aromatic nitrogens is 3. The van der Waals surface area contributed by atoms with Gasteiger partial charge in [0.05, 0.1) is 11.5 Å². The number of hydrogen-bond donors (Lipinski definition) is 0. The van der Waals surface area contributed by atoms with Crippen molar-refractivity contribution in [2.24, 2.45) is 7.05 Å². The van der Waals surface area contributed by atoms with E-state index in [-0.39, 0.29) is 22.8 Å². The fourth-order valence-electron chi connectivity index (χ4n) is 3.60. The summed E-state index contributed by atoms with van der Waals surface area (Å²) in [6.07, 6.45) is 0.644. The van der Waals surface area contributed by atoms with Crippen LogP contribution in [-0.4, -0.2) is 34.7 Å². The van der Waals surface area contributed by atoms with Crippen molar-refractivity contribution < 1.29 is 8.42 Å². The van der Waals surface area contributed by atoms with Gasteiger partial charge in [-0.25, -0.2) is 8.42 Å². The predicted octanol–water partition coefficient (Wildman–Crippen LogP) is 3.92. The highest BCUT2D eigenvalue weighted by Gasteiger charge is 2.32. The molecule has 1 atom stereocenters. The second kappa shape index (κ2) is 7.24. The van der Waals surface area contributed by atoms with Crippen molar-refractivity contribution in [2.75, 3.05) is 11.5 Å². The molecule has 7 heteroatoms. The molecule has 0 amide bonds. The Morgan fingerprint density at radius 2 is 1.81 bits per heavy atom. The summed E-state index contributed by atoms with van der Waals surface area (Å²) < 4.78 is 25.5. The lowest BCUT2D eigenvalue weighted by Gasteiger charge is -2.22. The molecular weight excluding hydrogens is 378 g/mol. The number of nitrogens with zero attached hydrogens (tertiary/aromatic N) is 3. The van der Waals surface area contributed by atoms with Gasteiger partial charge in [-0.05, 0) is 47.9 Å². The summed E-state index contributed by atoms with van der Waals surface area (Å²) in [6.45, 7) is 11.0. The van der Waals surface area contributed by atoms with E-state index in [1.165, 1.54) is 22.3 Å². The fraction of sp³-hybridized carbons (Fsp3) is 0.600. The summed E-state index contributed by atoms with van der Waals surface area (Å²) in [5, 5.41) is 9.46. The number of sulfone groups is 1. The number of aryl methyl sites for hydroxylation is 2. The molecule has 1 aliphatic heterocycles. The Morgan fingerprint density at radius 1 is 1.19 bits per heavy atom. The van der Waals surface area contributed by atoms with E-state index >= 15 is 0 Å². The second-order valence-corrected chi connectivity index (χ2v) is 11.8. The molecule has 0 bridgehead atoms. The van der Waals surface area contributed by atoms with Gasteiger partial charge >= 0.3 is 0 Å². The van der Waals surface area contributed by atoms with Crippen LogP contribution in [0.1, 0.15) is 61.2 Å². The van der Waals surface area contributed by atoms with Crippen LogP contribution in [0.5, 0.6) is 0 Å². The molecule has 0 saturated carbocycles. The van der Waals surface area contributed by atoms with E-state index in [4.69, 9.17) is 0 Å². The van der Waals surface area contributed by atoms with Crippen molar-refractivity contribution in [3.05, 3.63) is 40.2 Å². The zero-order chi connectivity index (χ0) is 20.0. The van der Waals surface area contributed by atoms with E-state index in [1.807, 2.05) is 11.6 Å². The van der Waals surface area contributed by atoms with Crippen LogP contribution in [0.2, 0.25) is 0 Å². The Kier molecular flexibility index (Phi) is 5.47. The summed E-state index contributed by atoms with van der Waals surface area (Å²) in [5.74, 6) is 2.03. The van der Waals surface area contributed by atoms with Crippen molar-refractivity contribution in [3.8, 4) is 0 Å². The molecule has 1 saturated heterocycles. The molecule has 1 unspecified atom stereocenters. The third-order valence-electron chi connectivity index (χ3n) is 5.37. The first-order valence-electron chi connectivity index (χ1n) is 9.31. The normalized spacial score (nSPS) is 19.6. The zero-order valence-corrected chi connectivity index (χ0v) is 18.7. The number of rotatable bonds is 4. The third-order valence-corrected chi connectivity index (χ3v) is 8.19. The van der Waals surface area contributed by atoms with Gasteiger partial charge in [0.2, 0.25) is 0 Å². The summed E-state index contributed by atoms with van der Waals surface area (Å²) in [4.78, 5) is 0. The van der Waals surface area contributed by atoms with E-state index < -0.39 is 9.84 Å². The van der Waals surface area contributed by atoms with Gasteiger partial charge in [0.1, 0.15) is 5.82 Å². The Morgan fingerprint density at radius 3 is 2.33 bits per heavy atom. The van der Waals surface area contributed by atoms with E-state index in [0.717, 1.165) is 16.7 Å². The molecule has 1 aromatic heterocycles. The van der Waals surface area contributed by atoms with E-state index in [1.54, 1.807) is 11.8 Å². The molecule has 1 aliphatic rings. The molecular formula is C20H29N3O2S2. The van der Waals surface area contributed by atoms with Gasteiger partial charge in [-0.1, -0.05) is 44.7 Å². The Hall–Kier alpha value is -1.34. The first-order chi connectivity index (χ1) is 12.5. The van der Waals surface area contributed by atoms with E-state index in [0.29, 0.717) is 6.42 Å². The number of hydrogen-bond acceptors (Lipinski definition) is 5. The predicted molar refractivity (Wildman–Crippen MR) is 111 cm³/mol. The highest BCUT2D eigenvalue weighted by molar-refractivity contribution is 7.98. The van der Waals surface area contributed by atoms with Crippen molar-refractivity contribution >= 4 is 21.6 Å². The molecule has 1 aromatic carbocycles. The molecule has 0 radical (unpaired) electrons. The molecule has 0 aliphatic carbocycles. The van der Waals surface area contributed by atoms with Crippen LogP contribution in [0.25, 0.3) is 0 Å². The van der Waals surface area contributed by atoms with Gasteiger partial charge < -0.3 is 4.57 Å². The smallest absolute Gasteiger partial charge is 0.191 e. The van der Waals surface area contributed by atoms with Gasteiger partial charge in [-0.3, -0.25) is 0 Å². The largest absolute Gasteiger partial charge is 0.309 e. The lowest BCUT2D eigenvalue weighted by molar-refractivity contribution is 0.589. The first kappa shape index (κ1) is 20.4. The zero-order valence-electron chi connectivity index (χ0n) is 17.0. The maximum Gasteiger partial charge on any atom is 0.191 e. The van der Waals surface area contributed by atoms with Crippen LogP contribution in [0.15, 0.2) is 17.3 Å². The van der Waals surface area contributed by atoms with Crippen LogP contribution in [-0.2, 0) is 28.1 Å². The Bertz CT molecular complexity index is 933. The highest BCUT2D eigenvalue weighted by Crippen LogP contribution is 2.32. The maximum atomic E-state index is 11.8. The van der Waals surface area contributed by atoms with Gasteiger partial charge in [-0.15, -0.1) is 10.2 Å². The number of thioether (sulfide) groups is 1. The topological polar surface area (TPSA) is 64.8 Å². The summed E-state index contributed by atoms with van der Waals surface area (Å²) in [6, 6.07) is 4.57. The molecule has 3 rings (SSSR count). The summed E-state index contributed by atoms with van der Waals surface area (Å²) in [7, 11) is -0.986. The summed E-state index contributed by atoms with van der Waals surface area (Å²) in [5.41, 5.74) is 5.44. The Balaban J connectivity index is 1.77. The molecule has 2 aromatic rings. The monoisotopic (exact) mass is 407 g/mol. The van der Waals surface area contributed by atoms with E-state index in [9.17, 15) is 8.42 Å². The molecule has 5 nitrogen and oxygen atoms in total.